The lowest BCUT2D eigenvalue weighted by molar-refractivity contribution is -0.149. The predicted molar refractivity (Wildman–Crippen MR) is 88.7 cm³/mol. The molecule has 0 unspecified atom stereocenters. The Labute approximate surface area is 140 Å². The number of esters is 1. The third-order valence-corrected chi connectivity index (χ3v) is 4.32. The maximum Gasteiger partial charge on any atom is 0.309 e. The molecule has 6 nitrogen and oxygen atoms in total. The molecule has 1 N–H and O–H groups in total. The smallest absolute Gasteiger partial charge is 0.309 e. The molecule has 3 rings (SSSR count). The van der Waals surface area contributed by atoms with E-state index in [-0.39, 0.29) is 23.5 Å². The van der Waals surface area contributed by atoms with Gasteiger partial charge in [0.15, 0.2) is 0 Å². The number of ether oxygens (including phenoxy) is 1. The highest BCUT2D eigenvalue weighted by Gasteiger charge is 2.29. The Morgan fingerprint density at radius 1 is 1.25 bits per heavy atom. The Kier molecular flexibility index (Phi) is 4.64. The average Bonchev–Trinajstić information content (AvgIpc) is 2.61. The van der Waals surface area contributed by atoms with Crippen LogP contribution in [0.1, 0.15) is 30.3 Å². The first-order chi connectivity index (χ1) is 11.6. The van der Waals surface area contributed by atoms with E-state index >= 15 is 0 Å². The second kappa shape index (κ2) is 6.86. The van der Waals surface area contributed by atoms with E-state index in [1.165, 1.54) is 0 Å². The number of phenols is 1. The number of pyridine rings is 1. The van der Waals surface area contributed by atoms with Gasteiger partial charge in [0.1, 0.15) is 17.0 Å². The Morgan fingerprint density at radius 3 is 2.71 bits per heavy atom. The summed E-state index contributed by atoms with van der Waals surface area (Å²) in [5.41, 5.74) is 0.725. The number of aromatic nitrogens is 1. The highest BCUT2D eigenvalue weighted by Crippen LogP contribution is 2.24. The number of nitrogens with zero attached hydrogens (tertiary/aromatic N) is 2. The number of rotatable bonds is 3. The topological polar surface area (TPSA) is 79.7 Å². The summed E-state index contributed by atoms with van der Waals surface area (Å²) in [5.74, 6) is -0.438. The Morgan fingerprint density at radius 2 is 2.00 bits per heavy atom. The van der Waals surface area contributed by atoms with Gasteiger partial charge >= 0.3 is 5.97 Å². The van der Waals surface area contributed by atoms with Crippen LogP contribution in [0, 0.1) is 5.92 Å². The number of para-hydroxylation sites is 1. The molecule has 2 aromatic rings. The minimum absolute atomic E-state index is 0.0585. The molecule has 0 saturated carbocycles. The van der Waals surface area contributed by atoms with Crippen LogP contribution < -0.4 is 0 Å². The van der Waals surface area contributed by atoms with E-state index < -0.39 is 0 Å². The second-order valence-corrected chi connectivity index (χ2v) is 5.86. The molecule has 126 valence electrons. The molecule has 1 saturated heterocycles. The van der Waals surface area contributed by atoms with E-state index in [2.05, 4.69) is 4.98 Å². The van der Waals surface area contributed by atoms with Crippen LogP contribution in [0.4, 0.5) is 0 Å². The van der Waals surface area contributed by atoms with Crippen molar-refractivity contribution in [2.45, 2.75) is 19.8 Å². The van der Waals surface area contributed by atoms with Crippen LogP contribution in [0.5, 0.6) is 5.75 Å². The molecule has 0 bridgehead atoms. The van der Waals surface area contributed by atoms with Crippen LogP contribution in [0.3, 0.4) is 0 Å². The van der Waals surface area contributed by atoms with Crippen molar-refractivity contribution in [1.82, 2.24) is 9.88 Å². The van der Waals surface area contributed by atoms with Crippen molar-refractivity contribution in [1.29, 1.82) is 0 Å². The Hall–Kier alpha value is -2.63. The molecule has 1 aromatic carbocycles. The summed E-state index contributed by atoms with van der Waals surface area (Å²) in [6.45, 7) is 3.17. The lowest BCUT2D eigenvalue weighted by Crippen LogP contribution is -2.41. The fourth-order valence-electron chi connectivity index (χ4n) is 2.99. The minimum Gasteiger partial charge on any atom is -0.506 e. The normalized spacial score (nSPS) is 15.5. The first kappa shape index (κ1) is 16.2. The van der Waals surface area contributed by atoms with Gasteiger partial charge in [-0.2, -0.15) is 0 Å². The van der Waals surface area contributed by atoms with Crippen molar-refractivity contribution in [2.24, 2.45) is 5.92 Å². The number of likely N-dealkylation sites (tertiary alicyclic amines) is 1. The third-order valence-electron chi connectivity index (χ3n) is 4.32. The molecule has 2 heterocycles. The molecule has 1 amide bonds. The number of benzene rings is 1. The van der Waals surface area contributed by atoms with E-state index in [9.17, 15) is 14.7 Å². The van der Waals surface area contributed by atoms with Gasteiger partial charge in [0, 0.05) is 18.5 Å². The van der Waals surface area contributed by atoms with E-state index in [0.29, 0.717) is 43.7 Å². The second-order valence-electron chi connectivity index (χ2n) is 5.86. The van der Waals surface area contributed by atoms with E-state index in [1.807, 2.05) is 6.07 Å². The zero-order valence-corrected chi connectivity index (χ0v) is 13.6. The highest BCUT2D eigenvalue weighted by atomic mass is 16.5. The molecule has 6 heteroatoms. The monoisotopic (exact) mass is 328 g/mol. The zero-order chi connectivity index (χ0) is 17.1. The molecule has 0 radical (unpaired) electrons. The van der Waals surface area contributed by atoms with Crippen molar-refractivity contribution >= 4 is 22.8 Å². The van der Waals surface area contributed by atoms with Gasteiger partial charge in [0.25, 0.3) is 5.91 Å². The van der Waals surface area contributed by atoms with E-state index in [0.717, 1.165) is 5.39 Å². The summed E-state index contributed by atoms with van der Waals surface area (Å²) >= 11 is 0. The van der Waals surface area contributed by atoms with Gasteiger partial charge in [0.05, 0.1) is 12.5 Å². The van der Waals surface area contributed by atoms with Crippen LogP contribution >= 0.6 is 0 Å². The summed E-state index contributed by atoms with van der Waals surface area (Å²) in [6.07, 6.45) is 1.20. The molecule has 24 heavy (non-hydrogen) atoms. The molecule has 0 atom stereocenters. The van der Waals surface area contributed by atoms with Crippen molar-refractivity contribution < 1.29 is 19.4 Å². The molecule has 1 aliphatic heterocycles. The SMILES string of the molecule is CCOC(=O)C1CCN(C(=O)c2ccc3cccc(O)c3n2)CC1. The maximum atomic E-state index is 12.6. The summed E-state index contributed by atoms with van der Waals surface area (Å²) in [5, 5.41) is 10.7. The van der Waals surface area contributed by atoms with Gasteiger partial charge in [-0.05, 0) is 31.9 Å². The van der Waals surface area contributed by atoms with Gasteiger partial charge in [-0.25, -0.2) is 4.98 Å². The summed E-state index contributed by atoms with van der Waals surface area (Å²) in [6, 6.07) is 8.57. The molecule has 0 aliphatic carbocycles. The summed E-state index contributed by atoms with van der Waals surface area (Å²) in [4.78, 5) is 30.4. The summed E-state index contributed by atoms with van der Waals surface area (Å²) < 4.78 is 5.04. The molecule has 0 spiro atoms. The van der Waals surface area contributed by atoms with Crippen LogP contribution in [0.25, 0.3) is 10.9 Å². The molecule has 1 aromatic heterocycles. The van der Waals surface area contributed by atoms with Gasteiger partial charge in [-0.3, -0.25) is 9.59 Å². The zero-order valence-electron chi connectivity index (χ0n) is 13.6. The lowest BCUT2D eigenvalue weighted by Gasteiger charge is -2.30. The standard InChI is InChI=1S/C18H20N2O4/c1-2-24-18(23)13-8-10-20(11-9-13)17(22)14-7-6-12-4-3-5-15(21)16(12)19-14/h3-7,13,21H,2,8-11H2,1H3. The third kappa shape index (κ3) is 3.18. The largest absolute Gasteiger partial charge is 0.506 e. The van der Waals surface area contributed by atoms with Gasteiger partial charge in [-0.15, -0.1) is 0 Å². The van der Waals surface area contributed by atoms with Crippen LogP contribution in [0.15, 0.2) is 30.3 Å². The average molecular weight is 328 g/mol. The lowest BCUT2D eigenvalue weighted by atomic mass is 9.97. The fourth-order valence-corrected chi connectivity index (χ4v) is 2.99. The van der Waals surface area contributed by atoms with E-state index in [4.69, 9.17) is 4.74 Å². The Bertz CT molecular complexity index is 767. The molecular weight excluding hydrogens is 308 g/mol. The fraction of sp³-hybridized carbons (Fsp3) is 0.389. The van der Waals surface area contributed by atoms with Gasteiger partial charge in [-0.1, -0.05) is 18.2 Å². The minimum atomic E-state index is -0.182. The quantitative estimate of drug-likeness (QED) is 0.875. The predicted octanol–water partition coefficient (Wildman–Crippen LogP) is 2.36. The van der Waals surface area contributed by atoms with Crippen molar-refractivity contribution in [3.63, 3.8) is 0 Å². The van der Waals surface area contributed by atoms with Crippen LogP contribution in [0.2, 0.25) is 0 Å². The number of carbonyl (C=O) groups excluding carboxylic acids is 2. The number of amides is 1. The van der Waals surface area contributed by atoms with Crippen LogP contribution in [-0.2, 0) is 9.53 Å². The molecular formula is C18H20N2O4. The number of hydrogen-bond acceptors (Lipinski definition) is 5. The van der Waals surface area contributed by atoms with Crippen molar-refractivity contribution in [3.8, 4) is 5.75 Å². The molecule has 1 fully saturated rings. The van der Waals surface area contributed by atoms with E-state index in [1.54, 1.807) is 36.1 Å². The highest BCUT2D eigenvalue weighted by molar-refractivity contribution is 5.96. The number of phenolic OH excluding ortho intramolecular Hbond substituents is 1. The summed E-state index contributed by atoms with van der Waals surface area (Å²) in [7, 11) is 0. The van der Waals surface area contributed by atoms with Crippen LogP contribution in [-0.4, -0.2) is 46.6 Å². The number of fused-ring (bicyclic) bond motifs is 1. The number of aromatic hydroxyl groups is 1. The first-order valence-electron chi connectivity index (χ1n) is 8.14. The number of carbonyl (C=O) groups is 2. The maximum absolute atomic E-state index is 12.6. The molecule has 1 aliphatic rings. The van der Waals surface area contributed by atoms with Gasteiger partial charge in [0.2, 0.25) is 0 Å². The first-order valence-corrected chi connectivity index (χ1v) is 8.14. The number of hydrogen-bond donors (Lipinski definition) is 1. The van der Waals surface area contributed by atoms with Crippen molar-refractivity contribution in [2.75, 3.05) is 19.7 Å². The Balaban J connectivity index is 1.72. The number of piperidine rings is 1. The van der Waals surface area contributed by atoms with Crippen molar-refractivity contribution in [3.05, 3.63) is 36.0 Å². The van der Waals surface area contributed by atoms with Gasteiger partial charge < -0.3 is 14.7 Å².